The lowest BCUT2D eigenvalue weighted by atomic mass is 10.1. The maximum Gasteiger partial charge on any atom is 0.338 e. The Hall–Kier alpha value is -4.37. The van der Waals surface area contributed by atoms with Crippen molar-refractivity contribution in [3.05, 3.63) is 82.4 Å². The van der Waals surface area contributed by atoms with Gasteiger partial charge in [-0.3, -0.25) is 14.4 Å². The quantitative estimate of drug-likeness (QED) is 0.427. The molecule has 176 valence electrons. The number of imide groups is 1. The molecule has 0 saturated heterocycles. The summed E-state index contributed by atoms with van der Waals surface area (Å²) in [4.78, 5) is 51.4. The van der Waals surface area contributed by atoms with Gasteiger partial charge in [-0.2, -0.15) is 0 Å². The fraction of sp³-hybridized carbons (Fsp3) is 0.120. The van der Waals surface area contributed by atoms with Crippen LogP contribution in [0.4, 0.5) is 11.4 Å². The maximum atomic E-state index is 12.9. The molecule has 0 aliphatic carbocycles. The van der Waals surface area contributed by atoms with Crippen LogP contribution >= 0.6 is 11.6 Å². The Kier molecular flexibility index (Phi) is 5.84. The van der Waals surface area contributed by atoms with Gasteiger partial charge < -0.3 is 19.5 Å². The first-order valence-corrected chi connectivity index (χ1v) is 10.9. The van der Waals surface area contributed by atoms with Crippen LogP contribution in [0.2, 0.25) is 5.02 Å². The fourth-order valence-electron chi connectivity index (χ4n) is 3.75. The average Bonchev–Trinajstić information content (AvgIpc) is 3.12. The van der Waals surface area contributed by atoms with E-state index in [0.29, 0.717) is 30.4 Å². The first-order chi connectivity index (χ1) is 16.9. The van der Waals surface area contributed by atoms with Gasteiger partial charge in [-0.1, -0.05) is 23.7 Å². The van der Waals surface area contributed by atoms with Crippen LogP contribution in [0.3, 0.4) is 0 Å². The van der Waals surface area contributed by atoms with E-state index in [-0.39, 0.29) is 27.4 Å². The number of para-hydroxylation sites is 1. The van der Waals surface area contributed by atoms with Gasteiger partial charge in [0.2, 0.25) is 0 Å². The molecule has 0 aromatic heterocycles. The molecule has 0 bridgehead atoms. The van der Waals surface area contributed by atoms with Gasteiger partial charge in [0.15, 0.2) is 18.1 Å². The average molecular weight is 493 g/mol. The van der Waals surface area contributed by atoms with Crippen molar-refractivity contribution >= 4 is 46.7 Å². The Labute approximate surface area is 204 Å². The van der Waals surface area contributed by atoms with Crippen LogP contribution in [-0.4, -0.2) is 43.5 Å². The number of fused-ring (bicyclic) bond motifs is 2. The number of carbonyl (C=O) groups is 4. The number of halogens is 1. The summed E-state index contributed by atoms with van der Waals surface area (Å²) in [6.45, 7) is 0.311. The molecule has 2 aliphatic rings. The lowest BCUT2D eigenvalue weighted by Gasteiger charge is -2.19. The van der Waals surface area contributed by atoms with Crippen molar-refractivity contribution in [2.45, 2.75) is 0 Å². The molecule has 0 saturated carbocycles. The highest BCUT2D eigenvalue weighted by Gasteiger charge is 2.38. The van der Waals surface area contributed by atoms with Gasteiger partial charge in [0, 0.05) is 11.8 Å². The summed E-state index contributed by atoms with van der Waals surface area (Å²) in [5.41, 5.74) is 0.919. The van der Waals surface area contributed by atoms with E-state index in [1.807, 2.05) is 0 Å². The monoisotopic (exact) mass is 492 g/mol. The SMILES string of the molecule is O=C(COC(=O)c1ccc2c(c1)C(=O)N(c1ccccc1Cl)C2=O)Nc1ccc2c(c1)OCCO2. The molecular weight excluding hydrogens is 476 g/mol. The third-order valence-corrected chi connectivity index (χ3v) is 5.70. The van der Waals surface area contributed by atoms with Crippen LogP contribution in [0.15, 0.2) is 60.7 Å². The predicted molar refractivity (Wildman–Crippen MR) is 125 cm³/mol. The van der Waals surface area contributed by atoms with E-state index in [2.05, 4.69) is 5.32 Å². The lowest BCUT2D eigenvalue weighted by Crippen LogP contribution is -2.29. The fourth-order valence-corrected chi connectivity index (χ4v) is 3.97. The van der Waals surface area contributed by atoms with Crippen LogP contribution in [0, 0.1) is 0 Å². The van der Waals surface area contributed by atoms with E-state index in [9.17, 15) is 19.2 Å². The third kappa shape index (κ3) is 4.29. The largest absolute Gasteiger partial charge is 0.486 e. The van der Waals surface area contributed by atoms with Crippen molar-refractivity contribution in [2.75, 3.05) is 30.0 Å². The standard InChI is InChI=1S/C25H17ClN2O7/c26-18-3-1-2-4-19(18)28-23(30)16-7-5-14(11-17(16)24(28)31)25(32)35-13-22(29)27-15-6-8-20-21(12-15)34-10-9-33-20/h1-8,11-12H,9-10,13H2,(H,27,29). The number of carbonyl (C=O) groups excluding carboxylic acids is 4. The molecule has 0 fully saturated rings. The lowest BCUT2D eigenvalue weighted by molar-refractivity contribution is -0.119. The molecule has 9 nitrogen and oxygen atoms in total. The van der Waals surface area contributed by atoms with E-state index in [1.165, 1.54) is 18.2 Å². The van der Waals surface area contributed by atoms with Gasteiger partial charge in [-0.05, 0) is 42.5 Å². The summed E-state index contributed by atoms with van der Waals surface area (Å²) < 4.78 is 16.0. The summed E-state index contributed by atoms with van der Waals surface area (Å²) in [6, 6.07) is 15.4. The highest BCUT2D eigenvalue weighted by atomic mass is 35.5. The number of hydrogen-bond acceptors (Lipinski definition) is 7. The van der Waals surface area contributed by atoms with E-state index >= 15 is 0 Å². The normalized spacial score (nSPS) is 13.9. The van der Waals surface area contributed by atoms with Crippen LogP contribution in [0.1, 0.15) is 31.1 Å². The van der Waals surface area contributed by atoms with Gasteiger partial charge in [0.1, 0.15) is 13.2 Å². The smallest absolute Gasteiger partial charge is 0.338 e. The molecule has 0 atom stereocenters. The summed E-state index contributed by atoms with van der Waals surface area (Å²) in [5, 5.41) is 2.85. The Bertz CT molecular complexity index is 1390. The van der Waals surface area contributed by atoms with E-state index < -0.39 is 30.3 Å². The van der Waals surface area contributed by atoms with Gasteiger partial charge in [0.25, 0.3) is 17.7 Å². The number of nitrogens with zero attached hydrogens (tertiary/aromatic N) is 1. The summed E-state index contributed by atoms with van der Waals surface area (Å²) >= 11 is 6.15. The number of hydrogen-bond donors (Lipinski definition) is 1. The molecule has 2 aliphatic heterocycles. The number of amides is 3. The van der Waals surface area contributed by atoms with Crippen molar-refractivity contribution in [1.82, 2.24) is 0 Å². The number of rotatable bonds is 5. The minimum atomic E-state index is -0.818. The molecule has 0 radical (unpaired) electrons. The Morgan fingerprint density at radius 2 is 1.66 bits per heavy atom. The van der Waals surface area contributed by atoms with Crippen molar-refractivity contribution < 1.29 is 33.4 Å². The molecule has 10 heteroatoms. The molecule has 3 aromatic carbocycles. The zero-order valence-electron chi connectivity index (χ0n) is 18.1. The summed E-state index contributed by atoms with van der Waals surface area (Å²) in [6.07, 6.45) is 0. The molecule has 5 rings (SSSR count). The molecule has 1 N–H and O–H groups in total. The van der Waals surface area contributed by atoms with E-state index in [0.717, 1.165) is 4.90 Å². The van der Waals surface area contributed by atoms with Crippen LogP contribution in [0.25, 0.3) is 0 Å². The molecule has 0 spiro atoms. The maximum absolute atomic E-state index is 12.9. The molecule has 2 heterocycles. The minimum Gasteiger partial charge on any atom is -0.486 e. The van der Waals surface area contributed by atoms with E-state index in [4.69, 9.17) is 25.8 Å². The Balaban J connectivity index is 1.25. The van der Waals surface area contributed by atoms with Gasteiger partial charge in [-0.25, -0.2) is 9.69 Å². The second-order valence-electron chi connectivity index (χ2n) is 7.64. The van der Waals surface area contributed by atoms with Gasteiger partial charge in [-0.15, -0.1) is 0 Å². The van der Waals surface area contributed by atoms with Gasteiger partial charge in [0.05, 0.1) is 27.4 Å². The van der Waals surface area contributed by atoms with Gasteiger partial charge >= 0.3 is 5.97 Å². The number of nitrogens with one attached hydrogen (secondary N) is 1. The minimum absolute atomic E-state index is 0.0260. The second-order valence-corrected chi connectivity index (χ2v) is 8.05. The number of benzene rings is 3. The summed E-state index contributed by atoms with van der Waals surface area (Å²) in [5.74, 6) is -1.44. The first kappa shape index (κ1) is 22.4. The summed E-state index contributed by atoms with van der Waals surface area (Å²) in [7, 11) is 0. The molecule has 3 amide bonds. The number of anilines is 2. The zero-order valence-corrected chi connectivity index (χ0v) is 18.8. The molecule has 0 unspecified atom stereocenters. The van der Waals surface area contributed by atoms with E-state index in [1.54, 1.807) is 42.5 Å². The zero-order chi connectivity index (χ0) is 24.5. The number of esters is 1. The van der Waals surface area contributed by atoms with Crippen LogP contribution in [0.5, 0.6) is 11.5 Å². The highest BCUT2D eigenvalue weighted by molar-refractivity contribution is 6.39. The molecule has 3 aromatic rings. The van der Waals surface area contributed by atoms with Crippen molar-refractivity contribution in [2.24, 2.45) is 0 Å². The molecule has 35 heavy (non-hydrogen) atoms. The first-order valence-electron chi connectivity index (χ1n) is 10.6. The van der Waals surface area contributed by atoms with Crippen molar-refractivity contribution in [3.8, 4) is 11.5 Å². The third-order valence-electron chi connectivity index (χ3n) is 5.38. The van der Waals surface area contributed by atoms with Crippen molar-refractivity contribution in [3.63, 3.8) is 0 Å². The molecular formula is C25H17ClN2O7. The Morgan fingerprint density at radius 3 is 2.46 bits per heavy atom. The highest BCUT2D eigenvalue weighted by Crippen LogP contribution is 2.34. The topological polar surface area (TPSA) is 111 Å². The Morgan fingerprint density at radius 1 is 0.914 bits per heavy atom. The predicted octanol–water partition coefficient (Wildman–Crippen LogP) is 3.71. The second kappa shape index (κ2) is 9.11. The van der Waals surface area contributed by atoms with Crippen LogP contribution in [-0.2, 0) is 9.53 Å². The number of ether oxygens (including phenoxy) is 3. The van der Waals surface area contributed by atoms with Crippen LogP contribution < -0.4 is 19.7 Å². The van der Waals surface area contributed by atoms with Crippen molar-refractivity contribution in [1.29, 1.82) is 0 Å².